The number of halogens is 2. The molecule has 0 radical (unpaired) electrons. The van der Waals surface area contributed by atoms with Crippen molar-refractivity contribution in [2.75, 3.05) is 13.2 Å². The zero-order valence-corrected chi connectivity index (χ0v) is 22.6. The highest BCUT2D eigenvalue weighted by atomic mass is 19.1. The highest BCUT2D eigenvalue weighted by Gasteiger charge is 2.48. The van der Waals surface area contributed by atoms with Crippen LogP contribution in [0.4, 0.5) is 8.78 Å². The fourth-order valence-electron chi connectivity index (χ4n) is 5.18. The molecule has 2 amide bonds. The van der Waals surface area contributed by atoms with Gasteiger partial charge in [-0.05, 0) is 61.9 Å². The molecule has 2 aromatic rings. The zero-order chi connectivity index (χ0) is 28.6. The van der Waals surface area contributed by atoms with Gasteiger partial charge in [0.15, 0.2) is 0 Å². The van der Waals surface area contributed by atoms with Crippen molar-refractivity contribution >= 4 is 11.8 Å². The second-order valence-corrected chi connectivity index (χ2v) is 9.96. The lowest BCUT2D eigenvalue weighted by molar-refractivity contribution is -0.132. The molecule has 0 fully saturated rings. The number of aliphatic hydroxyl groups excluding tert-OH is 1. The van der Waals surface area contributed by atoms with E-state index < -0.39 is 40.9 Å². The Hall–Kier alpha value is -3.40. The van der Waals surface area contributed by atoms with Crippen LogP contribution in [-0.4, -0.2) is 36.2 Å². The highest BCUT2D eigenvalue weighted by molar-refractivity contribution is 5.96. The second-order valence-electron chi connectivity index (χ2n) is 9.96. The third kappa shape index (κ3) is 7.81. The average molecular weight is 542 g/mol. The number of hydroxylamine groups is 1. The number of carbonyl (C=O) groups is 2. The lowest BCUT2D eigenvalue weighted by Gasteiger charge is -2.41. The molecular formula is C30H37F2N3O4. The van der Waals surface area contributed by atoms with Gasteiger partial charge in [-0.3, -0.25) is 14.4 Å². The first-order valence-corrected chi connectivity index (χ1v) is 13.1. The number of allylic oxidation sites excluding steroid dienone is 2. The maximum atomic E-state index is 14.1. The summed E-state index contributed by atoms with van der Waals surface area (Å²) in [5.41, 5.74) is 10.1. The summed E-state index contributed by atoms with van der Waals surface area (Å²) in [6, 6.07) is 11.1. The van der Waals surface area contributed by atoms with Gasteiger partial charge in [0, 0.05) is 30.6 Å². The molecule has 0 bridgehead atoms. The molecule has 39 heavy (non-hydrogen) atoms. The van der Waals surface area contributed by atoms with Gasteiger partial charge in [-0.2, -0.15) is 0 Å². The Bertz CT molecular complexity index is 1230. The smallest absolute Gasteiger partial charge is 0.270 e. The van der Waals surface area contributed by atoms with E-state index in [1.165, 1.54) is 17.7 Å². The number of rotatable bonds is 13. The molecule has 0 spiro atoms. The van der Waals surface area contributed by atoms with Gasteiger partial charge in [0.25, 0.3) is 5.91 Å². The van der Waals surface area contributed by atoms with Gasteiger partial charge in [-0.1, -0.05) is 48.9 Å². The number of benzene rings is 2. The molecule has 210 valence electrons. The Morgan fingerprint density at radius 1 is 1.10 bits per heavy atom. The van der Waals surface area contributed by atoms with Gasteiger partial charge in [-0.25, -0.2) is 14.3 Å². The Kier molecular flexibility index (Phi) is 10.5. The van der Waals surface area contributed by atoms with E-state index >= 15 is 0 Å². The number of hydrogen-bond donors (Lipinski definition) is 4. The topological polar surface area (TPSA) is 114 Å². The van der Waals surface area contributed by atoms with Crippen molar-refractivity contribution < 1.29 is 28.3 Å². The van der Waals surface area contributed by atoms with Crippen LogP contribution in [0.25, 0.3) is 0 Å². The molecule has 7 nitrogen and oxygen atoms in total. The normalized spacial score (nSPS) is 18.6. The fourth-order valence-corrected chi connectivity index (χ4v) is 5.18. The summed E-state index contributed by atoms with van der Waals surface area (Å²) in [7, 11) is 0. The Morgan fingerprint density at radius 2 is 1.79 bits per heavy atom. The molecule has 1 unspecified atom stereocenters. The number of carbonyl (C=O) groups excluding carboxylic acids is 2. The van der Waals surface area contributed by atoms with Crippen molar-refractivity contribution in [1.29, 1.82) is 0 Å². The van der Waals surface area contributed by atoms with E-state index in [0.717, 1.165) is 18.1 Å². The molecular weight excluding hydrogens is 504 g/mol. The lowest BCUT2D eigenvalue weighted by Crippen LogP contribution is -2.51. The summed E-state index contributed by atoms with van der Waals surface area (Å²) < 4.78 is 28.2. The predicted molar refractivity (Wildman–Crippen MR) is 145 cm³/mol. The van der Waals surface area contributed by atoms with Crippen molar-refractivity contribution in [3.8, 4) is 0 Å². The van der Waals surface area contributed by atoms with E-state index in [0.29, 0.717) is 12.1 Å². The number of primary amides is 1. The van der Waals surface area contributed by atoms with Crippen molar-refractivity contribution in [2.24, 2.45) is 17.1 Å². The third-order valence-electron chi connectivity index (χ3n) is 7.02. The largest absolute Gasteiger partial charge is 0.391 e. The van der Waals surface area contributed by atoms with Crippen LogP contribution < -0.4 is 16.5 Å². The minimum Gasteiger partial charge on any atom is -0.391 e. The molecule has 1 aliphatic rings. The summed E-state index contributed by atoms with van der Waals surface area (Å²) in [6.07, 6.45) is 2.83. The molecule has 3 atom stereocenters. The predicted octanol–water partition coefficient (Wildman–Crippen LogP) is 3.65. The van der Waals surface area contributed by atoms with E-state index in [9.17, 15) is 23.5 Å². The van der Waals surface area contributed by atoms with Gasteiger partial charge in [0.1, 0.15) is 11.6 Å². The SMILES string of the molecule is CCONC(=O)C1=CC(C)=CC(C(N)=O)([C@H](Cc2cc(F)cc(F)c2)[C@@H](O)CNCc2cccc(CC)c2)C1. The third-order valence-corrected chi connectivity index (χ3v) is 7.02. The van der Waals surface area contributed by atoms with Gasteiger partial charge < -0.3 is 16.2 Å². The zero-order valence-electron chi connectivity index (χ0n) is 22.6. The molecule has 1 aliphatic carbocycles. The second kappa shape index (κ2) is 13.6. The van der Waals surface area contributed by atoms with E-state index in [1.54, 1.807) is 26.0 Å². The van der Waals surface area contributed by atoms with Crippen molar-refractivity contribution in [3.63, 3.8) is 0 Å². The monoisotopic (exact) mass is 541 g/mol. The number of aliphatic hydroxyl groups is 1. The van der Waals surface area contributed by atoms with Gasteiger partial charge in [-0.15, -0.1) is 0 Å². The minimum absolute atomic E-state index is 0.0596. The summed E-state index contributed by atoms with van der Waals surface area (Å²) in [5.74, 6) is -3.74. The van der Waals surface area contributed by atoms with Crippen LogP contribution in [-0.2, 0) is 33.8 Å². The first-order chi connectivity index (χ1) is 18.6. The molecule has 0 saturated carbocycles. The summed E-state index contributed by atoms with van der Waals surface area (Å²) >= 11 is 0. The molecule has 0 aliphatic heterocycles. The highest BCUT2D eigenvalue weighted by Crippen LogP contribution is 2.44. The van der Waals surface area contributed by atoms with E-state index in [1.807, 2.05) is 18.2 Å². The molecule has 0 aromatic heterocycles. The van der Waals surface area contributed by atoms with Crippen LogP contribution in [0.1, 0.15) is 43.9 Å². The van der Waals surface area contributed by atoms with Crippen LogP contribution in [0.15, 0.2) is 65.8 Å². The Morgan fingerprint density at radius 3 is 2.44 bits per heavy atom. The number of amides is 2. The number of nitrogens with one attached hydrogen (secondary N) is 2. The molecule has 3 rings (SSSR count). The maximum absolute atomic E-state index is 14.1. The number of aryl methyl sites for hydroxylation is 1. The van der Waals surface area contributed by atoms with Crippen LogP contribution in [0.5, 0.6) is 0 Å². The molecule has 0 saturated heterocycles. The van der Waals surface area contributed by atoms with E-state index in [-0.39, 0.29) is 37.1 Å². The van der Waals surface area contributed by atoms with Crippen LogP contribution in [0.2, 0.25) is 0 Å². The minimum atomic E-state index is -1.51. The molecule has 9 heteroatoms. The van der Waals surface area contributed by atoms with Crippen molar-refractivity contribution in [2.45, 2.75) is 52.7 Å². The fraction of sp³-hybridized carbons (Fsp3) is 0.400. The Balaban J connectivity index is 1.94. The van der Waals surface area contributed by atoms with E-state index in [4.69, 9.17) is 10.6 Å². The standard InChI is InChI=1S/C30H37F2N3O4/c1-4-20-7-6-8-21(10-20)17-34-18-27(36)26(13-22-11-24(31)14-25(32)12-22)30(29(33)38)15-19(3)9-23(16-30)28(37)35-39-5-2/h6-12,14-15,26-27,34,36H,4-5,13,16-18H2,1-3H3,(H2,33,38)(H,35,37)/t26-,27+,30?/m1/s1. The first-order valence-electron chi connectivity index (χ1n) is 13.1. The molecule has 5 N–H and O–H groups in total. The van der Waals surface area contributed by atoms with Gasteiger partial charge in [0.2, 0.25) is 5.91 Å². The van der Waals surface area contributed by atoms with E-state index in [2.05, 4.69) is 23.8 Å². The molecule has 0 heterocycles. The molecule has 2 aromatic carbocycles. The number of hydrogen-bond acceptors (Lipinski definition) is 5. The summed E-state index contributed by atoms with van der Waals surface area (Å²) in [4.78, 5) is 31.0. The lowest BCUT2D eigenvalue weighted by atomic mass is 9.63. The first kappa shape index (κ1) is 30.1. The van der Waals surface area contributed by atoms with Gasteiger partial charge >= 0.3 is 0 Å². The number of nitrogens with two attached hydrogens (primary N) is 1. The van der Waals surface area contributed by atoms with Crippen molar-refractivity contribution in [1.82, 2.24) is 10.8 Å². The quantitative estimate of drug-likeness (QED) is 0.289. The maximum Gasteiger partial charge on any atom is 0.270 e. The van der Waals surface area contributed by atoms with Crippen molar-refractivity contribution in [3.05, 3.63) is 94.1 Å². The Labute approximate surface area is 228 Å². The summed E-state index contributed by atoms with van der Waals surface area (Å²) in [5, 5.41) is 14.7. The van der Waals surface area contributed by atoms with Crippen LogP contribution >= 0.6 is 0 Å². The van der Waals surface area contributed by atoms with Gasteiger partial charge in [0.05, 0.1) is 18.1 Å². The summed E-state index contributed by atoms with van der Waals surface area (Å²) in [6.45, 7) is 6.28. The van der Waals surface area contributed by atoms with Crippen LogP contribution in [0.3, 0.4) is 0 Å². The average Bonchev–Trinajstić information content (AvgIpc) is 2.89. The van der Waals surface area contributed by atoms with Crippen LogP contribution in [0, 0.1) is 23.0 Å².